The van der Waals surface area contributed by atoms with Crippen molar-refractivity contribution in [3.8, 4) is 5.75 Å². The van der Waals surface area contributed by atoms with E-state index in [4.69, 9.17) is 9.47 Å². The van der Waals surface area contributed by atoms with E-state index in [0.717, 1.165) is 30.6 Å². The number of carbonyl (C=O) groups is 2. The lowest BCUT2D eigenvalue weighted by atomic mass is 9.94. The van der Waals surface area contributed by atoms with Gasteiger partial charge in [-0.05, 0) is 44.9 Å². The Hall–Kier alpha value is -2.28. The van der Waals surface area contributed by atoms with Crippen molar-refractivity contribution in [3.05, 3.63) is 41.1 Å². The highest BCUT2D eigenvalue weighted by atomic mass is 32.2. The number of allylic oxidation sites excluding steroid dienone is 1. The second kappa shape index (κ2) is 10.2. The highest BCUT2D eigenvalue weighted by Gasteiger charge is 2.41. The van der Waals surface area contributed by atoms with Gasteiger partial charge in [0.25, 0.3) is 0 Å². The monoisotopic (exact) mass is 430 g/mol. The van der Waals surface area contributed by atoms with Gasteiger partial charge in [-0.2, -0.15) is 0 Å². The molecule has 7 heteroatoms. The van der Waals surface area contributed by atoms with Gasteiger partial charge in [0.15, 0.2) is 5.17 Å². The number of nitrogens with zero attached hydrogens (tertiary/aromatic N) is 2. The predicted octanol–water partition coefficient (Wildman–Crippen LogP) is 4.86. The van der Waals surface area contributed by atoms with Gasteiger partial charge in [-0.15, -0.1) is 0 Å². The number of fused-ring (bicyclic) bond motifs is 1. The van der Waals surface area contributed by atoms with Crippen LogP contribution in [0.2, 0.25) is 0 Å². The summed E-state index contributed by atoms with van der Waals surface area (Å²) in [5.74, 6) is 1.02. The summed E-state index contributed by atoms with van der Waals surface area (Å²) in [7, 11) is 0. The zero-order valence-electron chi connectivity index (χ0n) is 18.1. The minimum Gasteiger partial charge on any atom is -0.494 e. The second-order valence-electron chi connectivity index (χ2n) is 7.74. The number of hydrogen-bond acceptors (Lipinski definition) is 6. The van der Waals surface area contributed by atoms with Crippen LogP contribution in [0, 0.1) is 0 Å². The fourth-order valence-corrected chi connectivity index (χ4v) is 4.55. The zero-order chi connectivity index (χ0) is 21.7. The van der Waals surface area contributed by atoms with E-state index in [0.29, 0.717) is 35.2 Å². The van der Waals surface area contributed by atoms with Crippen LogP contribution in [0.4, 0.5) is 0 Å². The summed E-state index contributed by atoms with van der Waals surface area (Å²) >= 11 is 1.54. The third-order valence-corrected chi connectivity index (χ3v) is 5.94. The van der Waals surface area contributed by atoms with E-state index in [1.54, 1.807) is 23.6 Å². The average molecular weight is 431 g/mol. The molecule has 1 fully saturated rings. The minimum absolute atomic E-state index is 0.0280. The van der Waals surface area contributed by atoms with Crippen molar-refractivity contribution >= 4 is 28.8 Å². The largest absolute Gasteiger partial charge is 0.494 e. The smallest absolute Gasteiger partial charge is 0.338 e. The summed E-state index contributed by atoms with van der Waals surface area (Å²) in [5.41, 5.74) is 1.85. The first-order chi connectivity index (χ1) is 14.4. The van der Waals surface area contributed by atoms with E-state index in [1.807, 2.05) is 38.1 Å². The number of amides is 1. The van der Waals surface area contributed by atoms with E-state index >= 15 is 0 Å². The maximum atomic E-state index is 12.9. The Morgan fingerprint density at radius 1 is 1.27 bits per heavy atom. The number of ether oxygens (including phenoxy) is 2. The lowest BCUT2D eigenvalue weighted by Gasteiger charge is -2.39. The van der Waals surface area contributed by atoms with Crippen LogP contribution in [0.25, 0.3) is 0 Å². The number of thioether (sulfide) groups is 1. The number of benzene rings is 1. The van der Waals surface area contributed by atoms with Gasteiger partial charge in [0, 0.05) is 12.2 Å². The topological polar surface area (TPSA) is 68.2 Å². The van der Waals surface area contributed by atoms with Crippen LogP contribution >= 0.6 is 11.8 Å². The number of unbranched alkanes of at least 4 members (excludes halogenated alkanes) is 2. The molecule has 6 nitrogen and oxygen atoms in total. The van der Waals surface area contributed by atoms with Gasteiger partial charge in [0.05, 0.1) is 30.0 Å². The van der Waals surface area contributed by atoms with Gasteiger partial charge < -0.3 is 9.47 Å². The number of esters is 1. The SMILES string of the molecule is CCCCCOc1ccc(C2C(C(=O)OC(C)C)=C(C)N=C3SCCC(=O)N32)cc1. The van der Waals surface area contributed by atoms with Crippen LogP contribution < -0.4 is 4.74 Å². The molecule has 0 saturated carbocycles. The molecule has 3 rings (SSSR count). The second-order valence-corrected chi connectivity index (χ2v) is 8.80. The molecule has 1 saturated heterocycles. The first-order valence-electron chi connectivity index (χ1n) is 10.6. The van der Waals surface area contributed by atoms with Gasteiger partial charge >= 0.3 is 5.97 Å². The van der Waals surface area contributed by atoms with Crippen molar-refractivity contribution in [2.24, 2.45) is 4.99 Å². The number of carbonyl (C=O) groups excluding carboxylic acids is 2. The summed E-state index contributed by atoms with van der Waals surface area (Å²) in [6.07, 6.45) is 3.48. The van der Waals surface area contributed by atoms with Crippen molar-refractivity contribution in [3.63, 3.8) is 0 Å². The molecular formula is C23H30N2O4S. The molecule has 1 aromatic carbocycles. The van der Waals surface area contributed by atoms with Crippen molar-refractivity contribution in [2.75, 3.05) is 12.4 Å². The quantitative estimate of drug-likeness (QED) is 0.435. The minimum atomic E-state index is -0.543. The molecule has 2 aliphatic heterocycles. The molecule has 0 aliphatic carbocycles. The molecule has 2 heterocycles. The zero-order valence-corrected chi connectivity index (χ0v) is 19.0. The highest BCUT2D eigenvalue weighted by Crippen LogP contribution is 2.40. The Morgan fingerprint density at radius 3 is 2.67 bits per heavy atom. The summed E-state index contributed by atoms with van der Waals surface area (Å²) in [4.78, 5) is 31.9. The van der Waals surface area contributed by atoms with Crippen LogP contribution in [-0.2, 0) is 14.3 Å². The molecule has 1 unspecified atom stereocenters. The van der Waals surface area contributed by atoms with Gasteiger partial charge in [-0.25, -0.2) is 9.79 Å². The van der Waals surface area contributed by atoms with Crippen molar-refractivity contribution in [1.82, 2.24) is 4.90 Å². The summed E-state index contributed by atoms with van der Waals surface area (Å²) in [6.45, 7) is 8.27. The first kappa shape index (κ1) is 22.4. The van der Waals surface area contributed by atoms with Gasteiger partial charge in [-0.3, -0.25) is 9.69 Å². The predicted molar refractivity (Wildman–Crippen MR) is 119 cm³/mol. The molecule has 1 atom stereocenters. The van der Waals surface area contributed by atoms with Crippen molar-refractivity contribution in [2.45, 2.75) is 65.5 Å². The van der Waals surface area contributed by atoms with Crippen molar-refractivity contribution in [1.29, 1.82) is 0 Å². The van der Waals surface area contributed by atoms with E-state index in [2.05, 4.69) is 11.9 Å². The molecule has 30 heavy (non-hydrogen) atoms. The number of amidine groups is 1. The number of rotatable bonds is 8. The molecule has 0 aromatic heterocycles. The van der Waals surface area contributed by atoms with E-state index < -0.39 is 12.0 Å². The summed E-state index contributed by atoms with van der Waals surface area (Å²) in [6, 6.07) is 7.10. The molecule has 2 aliphatic rings. The molecule has 0 N–H and O–H groups in total. The van der Waals surface area contributed by atoms with Gasteiger partial charge in [-0.1, -0.05) is 43.7 Å². The Kier molecular flexibility index (Phi) is 7.58. The van der Waals surface area contributed by atoms with Crippen LogP contribution in [0.5, 0.6) is 5.75 Å². The van der Waals surface area contributed by atoms with Gasteiger partial charge in [0.2, 0.25) is 5.91 Å². The van der Waals surface area contributed by atoms with Crippen LogP contribution in [-0.4, -0.2) is 40.4 Å². The Labute approximate surface area is 182 Å². The van der Waals surface area contributed by atoms with Gasteiger partial charge in [0.1, 0.15) is 5.75 Å². The molecule has 0 spiro atoms. The maximum Gasteiger partial charge on any atom is 0.338 e. The normalized spacial score (nSPS) is 19.0. The summed E-state index contributed by atoms with van der Waals surface area (Å²) < 4.78 is 11.3. The number of hydrogen-bond donors (Lipinski definition) is 0. The van der Waals surface area contributed by atoms with E-state index in [9.17, 15) is 9.59 Å². The van der Waals surface area contributed by atoms with Crippen LogP contribution in [0.3, 0.4) is 0 Å². The Morgan fingerprint density at radius 2 is 2.00 bits per heavy atom. The maximum absolute atomic E-state index is 12.9. The summed E-state index contributed by atoms with van der Waals surface area (Å²) in [5, 5.41) is 0.648. The first-order valence-corrected chi connectivity index (χ1v) is 11.6. The Balaban J connectivity index is 1.92. The van der Waals surface area contributed by atoms with Crippen molar-refractivity contribution < 1.29 is 19.1 Å². The molecule has 0 bridgehead atoms. The molecule has 1 amide bonds. The molecule has 0 radical (unpaired) electrons. The molecular weight excluding hydrogens is 400 g/mol. The third-order valence-electron chi connectivity index (χ3n) is 4.98. The standard InChI is InChI=1S/C23H30N2O4S/c1-5-6-7-13-28-18-10-8-17(9-11-18)21-20(22(27)29-15(2)3)16(4)24-23-25(21)19(26)12-14-30-23/h8-11,15,21H,5-7,12-14H2,1-4H3. The third kappa shape index (κ3) is 5.06. The molecule has 1 aromatic rings. The average Bonchev–Trinajstić information content (AvgIpc) is 2.70. The fourth-order valence-electron chi connectivity index (χ4n) is 3.54. The Bertz CT molecular complexity index is 845. The van der Waals surface area contributed by atoms with E-state index in [-0.39, 0.29) is 12.0 Å². The highest BCUT2D eigenvalue weighted by molar-refractivity contribution is 8.14. The lowest BCUT2D eigenvalue weighted by molar-refractivity contribution is -0.143. The molecule has 162 valence electrons. The van der Waals surface area contributed by atoms with E-state index in [1.165, 1.54) is 0 Å². The van der Waals surface area contributed by atoms with Crippen LogP contribution in [0.1, 0.15) is 65.0 Å². The fraction of sp³-hybridized carbons (Fsp3) is 0.522. The lowest BCUT2D eigenvalue weighted by Crippen LogP contribution is -2.46. The van der Waals surface area contributed by atoms with Crippen LogP contribution in [0.15, 0.2) is 40.5 Å². The number of aliphatic imine (C=N–C) groups is 1.